The van der Waals surface area contributed by atoms with E-state index in [1.165, 1.54) is 12.1 Å². The minimum Gasteiger partial charge on any atom is -0.478 e. The number of carbonyl (C=O) groups excluding carboxylic acids is 1. The number of hydrogen-bond donors (Lipinski definition) is 1. The molecule has 1 saturated heterocycles. The number of carbonyl (C=O) groups is 2. The summed E-state index contributed by atoms with van der Waals surface area (Å²) in [4.78, 5) is 24.2. The van der Waals surface area contributed by atoms with Crippen LogP contribution in [-0.2, 0) is 16.1 Å². The first-order chi connectivity index (χ1) is 10.1. The summed E-state index contributed by atoms with van der Waals surface area (Å²) in [5.74, 6) is -1.47. The molecule has 0 bridgehead atoms. The van der Waals surface area contributed by atoms with E-state index in [1.54, 1.807) is 17.0 Å². The first-order valence-corrected chi connectivity index (χ1v) is 7.03. The van der Waals surface area contributed by atoms with E-state index in [0.29, 0.717) is 13.0 Å². The summed E-state index contributed by atoms with van der Waals surface area (Å²) in [5.41, 5.74) is 1.02. The molecule has 4 nitrogen and oxygen atoms in total. The standard InChI is InChI=1S/C16H18FNO3/c17-14-7-5-12(10-13(14)6-8-16(20)21)11-18-9-3-1-2-4-15(18)19/h5-8,10H,1-4,9,11H2,(H,20,21). The molecule has 0 atom stereocenters. The van der Waals surface area contributed by atoms with E-state index in [2.05, 4.69) is 0 Å². The van der Waals surface area contributed by atoms with Crippen LogP contribution in [0.5, 0.6) is 0 Å². The lowest BCUT2D eigenvalue weighted by Crippen LogP contribution is -2.29. The van der Waals surface area contributed by atoms with Crippen LogP contribution in [0, 0.1) is 5.82 Å². The van der Waals surface area contributed by atoms with Gasteiger partial charge < -0.3 is 10.0 Å². The summed E-state index contributed by atoms with van der Waals surface area (Å²) in [6.45, 7) is 1.16. The first-order valence-electron chi connectivity index (χ1n) is 7.03. The molecule has 0 aromatic heterocycles. The van der Waals surface area contributed by atoms with Crippen LogP contribution in [0.2, 0.25) is 0 Å². The number of carboxylic acid groups (broad SMARTS) is 1. The highest BCUT2D eigenvalue weighted by atomic mass is 19.1. The molecule has 1 amide bonds. The van der Waals surface area contributed by atoms with Gasteiger partial charge >= 0.3 is 5.97 Å². The number of benzene rings is 1. The molecule has 112 valence electrons. The van der Waals surface area contributed by atoms with Gasteiger partial charge in [-0.25, -0.2) is 9.18 Å². The van der Waals surface area contributed by atoms with Gasteiger partial charge in [0.1, 0.15) is 5.82 Å². The summed E-state index contributed by atoms with van der Waals surface area (Å²) in [6, 6.07) is 4.53. The van der Waals surface area contributed by atoms with Crippen LogP contribution in [0.4, 0.5) is 4.39 Å². The number of hydrogen-bond acceptors (Lipinski definition) is 2. The lowest BCUT2D eigenvalue weighted by molar-refractivity contribution is -0.132. The Kier molecular flexibility index (Phi) is 5.09. The Labute approximate surface area is 122 Å². The van der Waals surface area contributed by atoms with Gasteiger partial charge in [0.25, 0.3) is 0 Å². The fraction of sp³-hybridized carbons (Fsp3) is 0.375. The van der Waals surface area contributed by atoms with Gasteiger partial charge in [0, 0.05) is 31.1 Å². The van der Waals surface area contributed by atoms with Gasteiger partial charge in [0.05, 0.1) is 0 Å². The Bertz CT molecular complexity index is 569. The average molecular weight is 291 g/mol. The van der Waals surface area contributed by atoms with Crippen molar-refractivity contribution in [1.29, 1.82) is 0 Å². The monoisotopic (exact) mass is 291 g/mol. The highest BCUT2D eigenvalue weighted by Gasteiger charge is 2.16. The minimum absolute atomic E-state index is 0.124. The van der Waals surface area contributed by atoms with Crippen LogP contribution in [0.15, 0.2) is 24.3 Å². The molecule has 2 rings (SSSR count). The molecule has 1 aromatic carbocycles. The Morgan fingerprint density at radius 2 is 2.14 bits per heavy atom. The largest absolute Gasteiger partial charge is 0.478 e. The number of nitrogens with zero attached hydrogens (tertiary/aromatic N) is 1. The molecule has 0 aliphatic carbocycles. The molecule has 1 aliphatic heterocycles. The van der Waals surface area contributed by atoms with Crippen LogP contribution >= 0.6 is 0 Å². The van der Waals surface area contributed by atoms with Crippen LogP contribution in [0.25, 0.3) is 6.08 Å². The fourth-order valence-electron chi connectivity index (χ4n) is 2.41. The van der Waals surface area contributed by atoms with E-state index in [1.807, 2.05) is 0 Å². The molecule has 0 spiro atoms. The molecule has 1 N–H and O–H groups in total. The van der Waals surface area contributed by atoms with Gasteiger partial charge in [-0.05, 0) is 36.6 Å². The van der Waals surface area contributed by atoms with Crippen molar-refractivity contribution in [3.05, 3.63) is 41.2 Å². The van der Waals surface area contributed by atoms with Gasteiger partial charge in [-0.15, -0.1) is 0 Å². The van der Waals surface area contributed by atoms with E-state index in [9.17, 15) is 14.0 Å². The smallest absolute Gasteiger partial charge is 0.328 e. The maximum absolute atomic E-state index is 13.6. The predicted molar refractivity (Wildman–Crippen MR) is 77.0 cm³/mol. The van der Waals surface area contributed by atoms with Gasteiger partial charge in [-0.2, -0.15) is 0 Å². The summed E-state index contributed by atoms with van der Waals surface area (Å²) >= 11 is 0. The predicted octanol–water partition coefficient (Wildman–Crippen LogP) is 2.83. The number of rotatable bonds is 4. The average Bonchev–Trinajstić information content (AvgIpc) is 2.64. The van der Waals surface area contributed by atoms with Crippen LogP contribution in [0.1, 0.15) is 36.8 Å². The third-order valence-electron chi connectivity index (χ3n) is 3.51. The fourth-order valence-corrected chi connectivity index (χ4v) is 2.41. The maximum Gasteiger partial charge on any atom is 0.328 e. The number of aliphatic carboxylic acids is 1. The zero-order valence-corrected chi connectivity index (χ0v) is 11.7. The van der Waals surface area contributed by atoms with Gasteiger partial charge in [0.2, 0.25) is 5.91 Å². The normalized spacial score (nSPS) is 16.2. The second-order valence-corrected chi connectivity index (χ2v) is 5.15. The van der Waals surface area contributed by atoms with E-state index in [-0.39, 0.29) is 11.5 Å². The van der Waals surface area contributed by atoms with Crippen molar-refractivity contribution in [2.24, 2.45) is 0 Å². The third-order valence-corrected chi connectivity index (χ3v) is 3.51. The molecular weight excluding hydrogens is 273 g/mol. The van der Waals surface area contributed by atoms with Crippen LogP contribution in [-0.4, -0.2) is 28.4 Å². The van der Waals surface area contributed by atoms with Crippen molar-refractivity contribution in [2.75, 3.05) is 6.54 Å². The van der Waals surface area contributed by atoms with Gasteiger partial charge in [-0.3, -0.25) is 4.79 Å². The van der Waals surface area contributed by atoms with E-state index in [4.69, 9.17) is 5.11 Å². The Hall–Kier alpha value is -2.17. The minimum atomic E-state index is -1.12. The Morgan fingerprint density at radius 3 is 2.90 bits per heavy atom. The third kappa shape index (κ3) is 4.41. The van der Waals surface area contributed by atoms with Crippen molar-refractivity contribution >= 4 is 18.0 Å². The molecular formula is C16H18FNO3. The van der Waals surface area contributed by atoms with Gasteiger partial charge in [0.15, 0.2) is 0 Å². The maximum atomic E-state index is 13.6. The van der Waals surface area contributed by atoms with E-state index < -0.39 is 11.8 Å². The topological polar surface area (TPSA) is 57.6 Å². The highest BCUT2D eigenvalue weighted by Crippen LogP contribution is 2.17. The number of carboxylic acids is 1. The lowest BCUT2D eigenvalue weighted by atomic mass is 10.1. The van der Waals surface area contributed by atoms with Gasteiger partial charge in [-0.1, -0.05) is 12.5 Å². The molecule has 0 unspecified atom stereocenters. The number of likely N-dealkylation sites (tertiary alicyclic amines) is 1. The molecule has 1 aliphatic rings. The van der Waals surface area contributed by atoms with Crippen molar-refractivity contribution in [1.82, 2.24) is 4.90 Å². The summed E-state index contributed by atoms with van der Waals surface area (Å²) in [7, 11) is 0. The first kappa shape index (κ1) is 15.2. The van der Waals surface area contributed by atoms with Crippen molar-refractivity contribution < 1.29 is 19.1 Å². The molecule has 1 fully saturated rings. The summed E-state index contributed by atoms with van der Waals surface area (Å²) < 4.78 is 13.6. The molecule has 0 saturated carbocycles. The molecule has 1 aromatic rings. The number of amides is 1. The van der Waals surface area contributed by atoms with Crippen LogP contribution in [0.3, 0.4) is 0 Å². The molecule has 1 heterocycles. The van der Waals surface area contributed by atoms with Crippen molar-refractivity contribution in [3.8, 4) is 0 Å². The Balaban J connectivity index is 2.14. The summed E-state index contributed by atoms with van der Waals surface area (Å²) in [5, 5.41) is 8.60. The molecule has 21 heavy (non-hydrogen) atoms. The lowest BCUT2D eigenvalue weighted by Gasteiger charge is -2.20. The summed E-state index contributed by atoms with van der Waals surface area (Å²) in [6.07, 6.45) is 5.65. The SMILES string of the molecule is O=C(O)C=Cc1cc(CN2CCCCCC2=O)ccc1F. The molecule has 0 radical (unpaired) electrons. The van der Waals surface area contributed by atoms with E-state index >= 15 is 0 Å². The zero-order chi connectivity index (χ0) is 15.2. The van der Waals surface area contributed by atoms with E-state index in [0.717, 1.165) is 37.4 Å². The quantitative estimate of drug-likeness (QED) is 0.868. The van der Waals surface area contributed by atoms with Crippen LogP contribution < -0.4 is 0 Å². The zero-order valence-electron chi connectivity index (χ0n) is 11.7. The Morgan fingerprint density at radius 1 is 1.33 bits per heavy atom. The highest BCUT2D eigenvalue weighted by molar-refractivity contribution is 5.85. The van der Waals surface area contributed by atoms with Crippen molar-refractivity contribution in [2.45, 2.75) is 32.2 Å². The number of halogens is 1. The molecule has 5 heteroatoms. The second-order valence-electron chi connectivity index (χ2n) is 5.15. The second kappa shape index (κ2) is 7.02. The van der Waals surface area contributed by atoms with Crippen molar-refractivity contribution in [3.63, 3.8) is 0 Å².